The summed E-state index contributed by atoms with van der Waals surface area (Å²) in [5, 5.41) is 7.44. The van der Waals surface area contributed by atoms with E-state index in [1.165, 1.54) is 10.9 Å². The Labute approximate surface area is 116 Å². The molecule has 0 fully saturated rings. The summed E-state index contributed by atoms with van der Waals surface area (Å²) in [7, 11) is 1.69. The smallest absolute Gasteiger partial charge is 0.257 e. The second kappa shape index (κ2) is 5.32. The molecule has 2 aromatic rings. The van der Waals surface area contributed by atoms with E-state index in [0.717, 1.165) is 5.56 Å². The monoisotopic (exact) mass is 278 g/mol. The van der Waals surface area contributed by atoms with Gasteiger partial charge in [0.1, 0.15) is 11.4 Å². The molecule has 6 heteroatoms. The first kappa shape index (κ1) is 13.4. The molecule has 0 saturated carbocycles. The number of anilines is 1. The third kappa shape index (κ3) is 2.88. The molecule has 1 atom stereocenters. The van der Waals surface area contributed by atoms with E-state index in [-0.39, 0.29) is 11.9 Å². The minimum atomic E-state index is -0.252. The van der Waals surface area contributed by atoms with Gasteiger partial charge < -0.3 is 11.1 Å². The number of amides is 1. The van der Waals surface area contributed by atoms with Crippen LogP contribution < -0.4 is 11.1 Å². The number of nitrogens with one attached hydrogen (secondary N) is 1. The molecule has 1 heterocycles. The van der Waals surface area contributed by atoms with Gasteiger partial charge in [0.15, 0.2) is 0 Å². The van der Waals surface area contributed by atoms with Crippen LogP contribution in [0, 0.1) is 0 Å². The van der Waals surface area contributed by atoms with Crippen molar-refractivity contribution in [2.75, 3.05) is 5.73 Å². The van der Waals surface area contributed by atoms with Gasteiger partial charge in [0.2, 0.25) is 0 Å². The zero-order valence-electron chi connectivity index (χ0n) is 10.7. The molecule has 100 valence electrons. The van der Waals surface area contributed by atoms with E-state index in [1.54, 1.807) is 13.1 Å². The summed E-state index contributed by atoms with van der Waals surface area (Å²) < 4.78 is 1.46. The number of halogens is 1. The summed E-state index contributed by atoms with van der Waals surface area (Å²) in [4.78, 5) is 12.1. The van der Waals surface area contributed by atoms with E-state index in [2.05, 4.69) is 10.4 Å². The second-order valence-corrected chi connectivity index (χ2v) is 4.75. The first-order valence-corrected chi connectivity index (χ1v) is 6.20. The number of nitrogens with two attached hydrogens (primary N) is 1. The molecular weight excluding hydrogens is 264 g/mol. The molecule has 2 rings (SSSR count). The van der Waals surface area contributed by atoms with Crippen molar-refractivity contribution in [1.82, 2.24) is 15.1 Å². The van der Waals surface area contributed by atoms with Crippen LogP contribution in [0.25, 0.3) is 0 Å². The van der Waals surface area contributed by atoms with Crippen LogP contribution in [-0.4, -0.2) is 15.7 Å². The Bertz CT molecular complexity index is 608. The van der Waals surface area contributed by atoms with Gasteiger partial charge in [-0.15, -0.1) is 0 Å². The number of carbonyl (C=O) groups is 1. The highest BCUT2D eigenvalue weighted by Gasteiger charge is 2.16. The van der Waals surface area contributed by atoms with E-state index < -0.39 is 0 Å². The zero-order valence-corrected chi connectivity index (χ0v) is 11.5. The molecule has 1 unspecified atom stereocenters. The normalized spacial score (nSPS) is 12.2. The summed E-state index contributed by atoms with van der Waals surface area (Å²) in [6.07, 6.45) is 1.45. The van der Waals surface area contributed by atoms with E-state index >= 15 is 0 Å². The van der Waals surface area contributed by atoms with Crippen molar-refractivity contribution in [2.24, 2.45) is 7.05 Å². The number of aromatic nitrogens is 2. The van der Waals surface area contributed by atoms with Crippen molar-refractivity contribution in [1.29, 1.82) is 0 Å². The van der Waals surface area contributed by atoms with Crippen LogP contribution in [0.1, 0.15) is 28.9 Å². The maximum atomic E-state index is 12.1. The van der Waals surface area contributed by atoms with Gasteiger partial charge in [-0.2, -0.15) is 5.10 Å². The van der Waals surface area contributed by atoms with E-state index in [4.69, 9.17) is 17.3 Å². The lowest BCUT2D eigenvalue weighted by atomic mass is 10.1. The molecular formula is C13H15ClN4O. The quantitative estimate of drug-likeness (QED) is 0.903. The number of benzene rings is 1. The highest BCUT2D eigenvalue weighted by molar-refractivity contribution is 6.30. The maximum Gasteiger partial charge on any atom is 0.257 e. The Morgan fingerprint density at radius 1 is 1.53 bits per heavy atom. The fourth-order valence-electron chi connectivity index (χ4n) is 1.76. The predicted octanol–water partition coefficient (Wildman–Crippen LogP) is 2.15. The molecule has 0 aliphatic carbocycles. The highest BCUT2D eigenvalue weighted by Crippen LogP contribution is 2.18. The van der Waals surface area contributed by atoms with Crippen LogP contribution >= 0.6 is 11.6 Å². The Morgan fingerprint density at radius 3 is 2.84 bits per heavy atom. The second-order valence-electron chi connectivity index (χ2n) is 4.32. The average Bonchev–Trinajstić information content (AvgIpc) is 2.70. The van der Waals surface area contributed by atoms with Gasteiger partial charge >= 0.3 is 0 Å². The van der Waals surface area contributed by atoms with Gasteiger partial charge in [-0.1, -0.05) is 23.7 Å². The summed E-state index contributed by atoms with van der Waals surface area (Å²) in [6, 6.07) is 7.20. The van der Waals surface area contributed by atoms with Crippen molar-refractivity contribution in [3.05, 3.63) is 46.6 Å². The van der Waals surface area contributed by atoms with Gasteiger partial charge in [-0.3, -0.25) is 9.48 Å². The molecule has 3 N–H and O–H groups in total. The molecule has 0 aliphatic rings. The number of hydrogen-bond donors (Lipinski definition) is 2. The summed E-state index contributed by atoms with van der Waals surface area (Å²) in [5.74, 6) is 0.0915. The fraction of sp³-hybridized carbons (Fsp3) is 0.231. The fourth-order valence-corrected chi connectivity index (χ4v) is 1.95. The van der Waals surface area contributed by atoms with Crippen LogP contribution in [0.5, 0.6) is 0 Å². The van der Waals surface area contributed by atoms with Gasteiger partial charge in [0.05, 0.1) is 12.2 Å². The van der Waals surface area contributed by atoms with E-state index in [0.29, 0.717) is 16.4 Å². The van der Waals surface area contributed by atoms with Gasteiger partial charge in [0, 0.05) is 12.1 Å². The van der Waals surface area contributed by atoms with Crippen LogP contribution in [0.2, 0.25) is 5.02 Å². The largest absolute Gasteiger partial charge is 0.383 e. The Balaban J connectivity index is 2.13. The lowest BCUT2D eigenvalue weighted by Crippen LogP contribution is -2.27. The minimum absolute atomic E-state index is 0.161. The molecule has 0 radical (unpaired) electrons. The highest BCUT2D eigenvalue weighted by atomic mass is 35.5. The predicted molar refractivity (Wildman–Crippen MR) is 75.0 cm³/mol. The standard InChI is InChI=1S/C13H15ClN4O/c1-8(9-4-3-5-10(14)6-9)17-13(19)11-7-16-18(2)12(11)15/h3-8H,15H2,1-2H3,(H,17,19). The molecule has 0 aliphatic heterocycles. The minimum Gasteiger partial charge on any atom is -0.383 e. The van der Waals surface area contributed by atoms with E-state index in [9.17, 15) is 4.79 Å². The zero-order chi connectivity index (χ0) is 14.0. The van der Waals surface area contributed by atoms with Gasteiger partial charge in [0.25, 0.3) is 5.91 Å². The number of nitrogen functional groups attached to an aromatic ring is 1. The third-order valence-electron chi connectivity index (χ3n) is 2.93. The Kier molecular flexibility index (Phi) is 3.76. The SMILES string of the molecule is CC(NC(=O)c1cnn(C)c1N)c1cccc(Cl)c1. The number of hydrogen-bond acceptors (Lipinski definition) is 3. The molecule has 0 saturated heterocycles. The third-order valence-corrected chi connectivity index (χ3v) is 3.16. The van der Waals surface area contributed by atoms with Crippen LogP contribution in [0.3, 0.4) is 0 Å². The molecule has 0 bridgehead atoms. The van der Waals surface area contributed by atoms with Crippen molar-refractivity contribution in [2.45, 2.75) is 13.0 Å². The summed E-state index contributed by atoms with van der Waals surface area (Å²) >= 11 is 5.92. The molecule has 19 heavy (non-hydrogen) atoms. The van der Waals surface area contributed by atoms with Crippen molar-refractivity contribution >= 4 is 23.3 Å². The lowest BCUT2D eigenvalue weighted by molar-refractivity contribution is 0.0941. The maximum absolute atomic E-state index is 12.1. The topological polar surface area (TPSA) is 72.9 Å². The molecule has 1 aromatic carbocycles. The number of nitrogens with zero attached hydrogens (tertiary/aromatic N) is 2. The van der Waals surface area contributed by atoms with Crippen molar-refractivity contribution < 1.29 is 4.79 Å². The summed E-state index contributed by atoms with van der Waals surface area (Å²) in [6.45, 7) is 1.89. The van der Waals surface area contributed by atoms with Crippen molar-refractivity contribution in [3.8, 4) is 0 Å². The molecule has 1 amide bonds. The molecule has 0 spiro atoms. The van der Waals surface area contributed by atoms with Crippen LogP contribution in [-0.2, 0) is 7.05 Å². The number of carbonyl (C=O) groups excluding carboxylic acids is 1. The van der Waals surface area contributed by atoms with Crippen LogP contribution in [0.4, 0.5) is 5.82 Å². The van der Waals surface area contributed by atoms with Crippen LogP contribution in [0.15, 0.2) is 30.5 Å². The van der Waals surface area contributed by atoms with E-state index in [1.807, 2.05) is 25.1 Å². The molecule has 1 aromatic heterocycles. The average molecular weight is 279 g/mol. The Hall–Kier alpha value is -2.01. The lowest BCUT2D eigenvalue weighted by Gasteiger charge is -2.14. The first-order valence-electron chi connectivity index (χ1n) is 5.83. The van der Waals surface area contributed by atoms with Gasteiger partial charge in [-0.05, 0) is 24.6 Å². The number of rotatable bonds is 3. The summed E-state index contributed by atoms with van der Waals surface area (Å²) in [5.41, 5.74) is 7.07. The van der Waals surface area contributed by atoms with Gasteiger partial charge in [-0.25, -0.2) is 0 Å². The van der Waals surface area contributed by atoms with Crippen molar-refractivity contribution in [3.63, 3.8) is 0 Å². The first-order chi connectivity index (χ1) is 8.99. The number of aryl methyl sites for hydroxylation is 1. The Morgan fingerprint density at radius 2 is 2.26 bits per heavy atom. The molecule has 5 nitrogen and oxygen atoms in total.